The number of imidazole rings is 1. The average Bonchev–Trinajstić information content (AvgIpc) is 3.66. The van der Waals surface area contributed by atoms with Crippen molar-refractivity contribution in [3.63, 3.8) is 0 Å². The fourth-order valence-electron chi connectivity index (χ4n) is 7.37. The summed E-state index contributed by atoms with van der Waals surface area (Å²) in [5.41, 5.74) is 9.01. The topological polar surface area (TPSA) is 35.9 Å². The maximum Gasteiger partial charge on any atom is 0.269 e. The Kier molecular flexibility index (Phi) is 8.71. The summed E-state index contributed by atoms with van der Waals surface area (Å²) >= 11 is 0. The summed E-state index contributed by atoms with van der Waals surface area (Å²) in [4.78, 5) is 4.86. The Hall–Kier alpha value is -5.16. The molecule has 0 unspecified atom stereocenters. The fraction of sp³-hybridized carbons (Fsp3) is 0.333. The monoisotopic (exact) mass is 702 g/mol. The number of rotatable bonds is 5. The van der Waals surface area contributed by atoms with Gasteiger partial charge in [0, 0.05) is 23.0 Å². The van der Waals surface area contributed by atoms with Crippen molar-refractivity contribution in [2.24, 2.45) is 0 Å². The molecular weight excluding hydrogens is 649 g/mol. The number of aromatic nitrogens is 4. The highest BCUT2D eigenvalue weighted by molar-refractivity contribution is 6.09. The second-order valence-corrected chi connectivity index (χ2v) is 18.6. The van der Waals surface area contributed by atoms with E-state index in [1.54, 1.807) is 0 Å². The molecule has 0 atom stereocenters. The molecule has 0 aliphatic heterocycles. The van der Waals surface area contributed by atoms with Crippen molar-refractivity contribution in [1.29, 1.82) is 0 Å². The van der Waals surface area contributed by atoms with Crippen LogP contribution >= 0.6 is 0 Å². The first-order valence-corrected chi connectivity index (χ1v) is 18.8. The highest BCUT2D eigenvalue weighted by atomic mass is 16.5. The summed E-state index contributed by atoms with van der Waals surface area (Å²) < 4.78 is 13.5. The Morgan fingerprint density at radius 2 is 1.23 bits per heavy atom. The second-order valence-electron chi connectivity index (χ2n) is 18.6. The van der Waals surface area contributed by atoms with Crippen LogP contribution in [0.4, 0.5) is 0 Å². The van der Waals surface area contributed by atoms with Gasteiger partial charge in [-0.15, -0.1) is 0 Å². The lowest BCUT2D eigenvalue weighted by Crippen LogP contribution is -2.40. The van der Waals surface area contributed by atoms with Crippen molar-refractivity contribution < 1.29 is 9.30 Å². The molecule has 3 aromatic heterocycles. The predicted molar refractivity (Wildman–Crippen MR) is 220 cm³/mol. The molecule has 0 amide bonds. The first-order valence-electron chi connectivity index (χ1n) is 18.8. The minimum atomic E-state index is -0.167. The van der Waals surface area contributed by atoms with Gasteiger partial charge in [0.15, 0.2) is 0 Å². The predicted octanol–water partition coefficient (Wildman–Crippen LogP) is 12.0. The molecule has 0 saturated heterocycles. The van der Waals surface area contributed by atoms with Gasteiger partial charge in [-0.2, -0.15) is 0 Å². The number of hydrogen-bond donors (Lipinski definition) is 0. The molecule has 0 N–H and O–H groups in total. The summed E-state index contributed by atoms with van der Waals surface area (Å²) in [6, 6.07) is 36.5. The van der Waals surface area contributed by atoms with Gasteiger partial charge in [-0.05, 0) is 93.5 Å². The van der Waals surface area contributed by atoms with Crippen LogP contribution in [0.25, 0.3) is 39.0 Å². The van der Waals surface area contributed by atoms with Gasteiger partial charge in [0.25, 0.3) is 6.33 Å². The van der Waals surface area contributed by atoms with Gasteiger partial charge in [-0.25, -0.2) is 4.98 Å². The highest BCUT2D eigenvalue weighted by Gasteiger charge is 2.34. The van der Waals surface area contributed by atoms with Crippen molar-refractivity contribution in [3.05, 3.63) is 138 Å². The molecule has 0 bridgehead atoms. The smallest absolute Gasteiger partial charge is 0.269 e. The molecular formula is C48H54N4O. The largest absolute Gasteiger partial charge is 0.458 e. The molecule has 4 aromatic carbocycles. The minimum absolute atomic E-state index is 0.00309. The van der Waals surface area contributed by atoms with Crippen LogP contribution in [0.1, 0.15) is 106 Å². The number of hydrogen-bond acceptors (Lipinski definition) is 2. The average molecular weight is 703 g/mol. The highest BCUT2D eigenvalue weighted by Crippen LogP contribution is 2.38. The molecule has 0 spiro atoms. The fourth-order valence-corrected chi connectivity index (χ4v) is 7.37. The Balaban J connectivity index is 1.35. The van der Waals surface area contributed by atoms with Crippen LogP contribution in [0.2, 0.25) is 0 Å². The molecule has 7 aromatic rings. The molecule has 0 aliphatic rings. The summed E-state index contributed by atoms with van der Waals surface area (Å²) in [6.07, 6.45) is 5.73. The molecule has 3 heterocycles. The van der Waals surface area contributed by atoms with Crippen molar-refractivity contribution in [2.75, 3.05) is 0 Å². The van der Waals surface area contributed by atoms with E-state index in [2.05, 4.69) is 200 Å². The van der Waals surface area contributed by atoms with Crippen molar-refractivity contribution in [3.8, 4) is 28.7 Å². The Labute approximate surface area is 315 Å². The van der Waals surface area contributed by atoms with Gasteiger partial charge in [-0.3, -0.25) is 13.7 Å². The summed E-state index contributed by atoms with van der Waals surface area (Å²) in [6.45, 7) is 27.3. The van der Waals surface area contributed by atoms with Gasteiger partial charge in [0.1, 0.15) is 17.3 Å². The number of nitrogens with zero attached hydrogens (tertiary/aromatic N) is 4. The zero-order chi connectivity index (χ0) is 38.1. The number of benzene rings is 4. The van der Waals surface area contributed by atoms with Crippen LogP contribution in [0.3, 0.4) is 0 Å². The van der Waals surface area contributed by atoms with E-state index in [0.717, 1.165) is 45.1 Å². The summed E-state index contributed by atoms with van der Waals surface area (Å²) in [7, 11) is 0. The van der Waals surface area contributed by atoms with Gasteiger partial charge in [-0.1, -0.05) is 119 Å². The van der Waals surface area contributed by atoms with E-state index in [1.165, 1.54) is 27.9 Å². The molecule has 0 fully saturated rings. The van der Waals surface area contributed by atoms with Gasteiger partial charge >= 0.3 is 0 Å². The molecule has 272 valence electrons. The van der Waals surface area contributed by atoms with Crippen molar-refractivity contribution in [1.82, 2.24) is 14.1 Å². The third-order valence-corrected chi connectivity index (χ3v) is 10.1. The lowest BCUT2D eigenvalue weighted by Gasteiger charge is -2.30. The Morgan fingerprint density at radius 3 is 1.92 bits per heavy atom. The second kappa shape index (κ2) is 12.8. The zero-order valence-corrected chi connectivity index (χ0v) is 33.6. The number of pyridine rings is 1. The Morgan fingerprint density at radius 1 is 0.566 bits per heavy atom. The first kappa shape index (κ1) is 36.2. The van der Waals surface area contributed by atoms with E-state index >= 15 is 0 Å². The maximum atomic E-state index is 6.71. The quantitative estimate of drug-likeness (QED) is 0.132. The third-order valence-electron chi connectivity index (χ3n) is 10.1. The molecule has 0 saturated carbocycles. The molecule has 5 heteroatoms. The van der Waals surface area contributed by atoms with Crippen LogP contribution in [0.15, 0.2) is 109 Å². The SMILES string of the molecule is CC(C)(C)c1cccc(-[n+]2[c-]n(-c3cccc(Oc4ccc5c6ccccc6n(-c6cc(C(C)(C)C)ccn6)c5c4)c3)c(C(C)(C)C)c2C(C)(C)C)c1. The molecule has 53 heavy (non-hydrogen) atoms. The van der Waals surface area contributed by atoms with E-state index in [-0.39, 0.29) is 21.7 Å². The van der Waals surface area contributed by atoms with Gasteiger partial charge < -0.3 is 4.74 Å². The number of fused-ring (bicyclic) bond motifs is 3. The summed E-state index contributed by atoms with van der Waals surface area (Å²) in [5, 5.41) is 2.35. The zero-order valence-electron chi connectivity index (χ0n) is 33.6. The van der Waals surface area contributed by atoms with E-state index in [0.29, 0.717) is 0 Å². The van der Waals surface area contributed by atoms with E-state index < -0.39 is 0 Å². The molecule has 0 aliphatic carbocycles. The molecule has 5 nitrogen and oxygen atoms in total. The molecule has 7 rings (SSSR count). The van der Waals surface area contributed by atoms with Crippen LogP contribution in [0, 0.1) is 6.33 Å². The minimum Gasteiger partial charge on any atom is -0.458 e. The van der Waals surface area contributed by atoms with Gasteiger partial charge in [0.2, 0.25) is 0 Å². The van der Waals surface area contributed by atoms with E-state index in [1.807, 2.05) is 12.3 Å². The van der Waals surface area contributed by atoms with Crippen molar-refractivity contribution in [2.45, 2.75) is 105 Å². The Bertz CT molecular complexity index is 2470. The van der Waals surface area contributed by atoms with Crippen LogP contribution in [-0.4, -0.2) is 14.1 Å². The normalized spacial score (nSPS) is 12.9. The van der Waals surface area contributed by atoms with Crippen LogP contribution < -0.4 is 9.30 Å². The van der Waals surface area contributed by atoms with Crippen molar-refractivity contribution >= 4 is 21.8 Å². The lowest BCUT2D eigenvalue weighted by atomic mass is 9.81. The standard InChI is InChI=1S/C48H54N4O/c1-45(2,3)32-17-15-18-34(27-32)50-31-51(44(48(10,11)12)43(50)47(7,8)9)35-19-16-20-36(29-35)53-37-23-24-39-38-21-13-14-22-40(38)52(41(39)30-37)42-28-33(25-26-49-42)46(4,5)6/h13-30H,1-12H3. The van der Waals surface area contributed by atoms with Gasteiger partial charge in [0.05, 0.1) is 33.8 Å². The van der Waals surface area contributed by atoms with Crippen LogP contribution in [-0.2, 0) is 21.7 Å². The van der Waals surface area contributed by atoms with Crippen LogP contribution in [0.5, 0.6) is 11.5 Å². The number of ether oxygens (including phenoxy) is 1. The lowest BCUT2D eigenvalue weighted by molar-refractivity contribution is -0.611. The molecule has 0 radical (unpaired) electrons. The number of para-hydroxylation sites is 1. The van der Waals surface area contributed by atoms with E-state index in [9.17, 15) is 0 Å². The first-order chi connectivity index (χ1) is 24.8. The maximum absolute atomic E-state index is 6.71. The third kappa shape index (κ3) is 6.90. The van der Waals surface area contributed by atoms with E-state index in [4.69, 9.17) is 9.72 Å². The summed E-state index contributed by atoms with van der Waals surface area (Å²) in [5.74, 6) is 2.43.